The van der Waals surface area contributed by atoms with Crippen molar-refractivity contribution in [1.29, 1.82) is 0 Å². The number of hydrogen-bond acceptors (Lipinski definition) is 7. The smallest absolute Gasteiger partial charge is 0.416 e. The second-order valence-corrected chi connectivity index (χ2v) is 11.3. The first-order valence-corrected chi connectivity index (χ1v) is 12.7. The Morgan fingerprint density at radius 2 is 1.92 bits per heavy atom. The number of esters is 1. The Bertz CT molecular complexity index is 1390. The molecule has 9 nitrogen and oxygen atoms in total. The number of sulfonamides is 1. The topological polar surface area (TPSA) is 104 Å². The van der Waals surface area contributed by atoms with Gasteiger partial charge in [-0.25, -0.2) is 18.1 Å². The van der Waals surface area contributed by atoms with Gasteiger partial charge in [-0.05, 0) is 56.7 Å². The number of carbonyl (C=O) groups excluding carboxylic acids is 1. The number of benzene rings is 2. The predicted octanol–water partition coefficient (Wildman–Crippen LogP) is 3.84. The van der Waals surface area contributed by atoms with Crippen molar-refractivity contribution in [2.45, 2.75) is 56.5 Å². The molecule has 2 aromatic carbocycles. The fraction of sp³-hybridized carbons (Fsp3) is 0.375. The van der Waals surface area contributed by atoms with Gasteiger partial charge in [-0.2, -0.15) is 18.3 Å². The Morgan fingerprint density at radius 3 is 2.57 bits per heavy atom. The summed E-state index contributed by atoms with van der Waals surface area (Å²) >= 11 is 0. The minimum Gasteiger partial charge on any atom is -0.484 e. The Kier molecular flexibility index (Phi) is 6.93. The molecule has 0 N–H and O–H groups in total. The molecule has 3 aromatic rings. The van der Waals surface area contributed by atoms with E-state index in [2.05, 4.69) is 10.1 Å². The van der Waals surface area contributed by atoms with Crippen molar-refractivity contribution in [2.24, 2.45) is 0 Å². The highest BCUT2D eigenvalue weighted by atomic mass is 32.2. The highest BCUT2D eigenvalue weighted by Crippen LogP contribution is 2.39. The van der Waals surface area contributed by atoms with Gasteiger partial charge in [-0.3, -0.25) is 9.10 Å². The lowest BCUT2D eigenvalue weighted by molar-refractivity contribution is -0.153. The molecule has 0 saturated heterocycles. The van der Waals surface area contributed by atoms with Gasteiger partial charge in [0.1, 0.15) is 30.1 Å². The molecule has 1 atom stereocenters. The van der Waals surface area contributed by atoms with E-state index in [1.165, 1.54) is 29.5 Å². The van der Waals surface area contributed by atoms with E-state index in [-0.39, 0.29) is 30.9 Å². The van der Waals surface area contributed by atoms with Crippen LogP contribution >= 0.6 is 0 Å². The molecule has 0 bridgehead atoms. The minimum absolute atomic E-state index is 0.105. The largest absolute Gasteiger partial charge is 0.484 e. The third-order valence-electron chi connectivity index (χ3n) is 5.33. The monoisotopic (exact) mass is 538 g/mol. The standard InChI is InChI=1S/C24H25F3N4O5S/c1-23(2,3)36-22(32)10-16-7-8-21-20(9-16)31(13-18(35-21)12-30-15-28-14-29-30)37(33,34)19-6-4-5-17(11-19)24(25,26)27/h4-9,11,14-15,18H,10,12-13H2,1-3H3/t18-/m0/s1. The number of anilines is 1. The molecule has 1 aliphatic rings. The maximum Gasteiger partial charge on any atom is 0.416 e. The van der Waals surface area contributed by atoms with Gasteiger partial charge in [-0.15, -0.1) is 0 Å². The first-order chi connectivity index (χ1) is 17.2. The molecular weight excluding hydrogens is 513 g/mol. The van der Waals surface area contributed by atoms with E-state index < -0.39 is 44.3 Å². The maximum absolute atomic E-state index is 13.7. The highest BCUT2D eigenvalue weighted by Gasteiger charge is 2.37. The zero-order valence-corrected chi connectivity index (χ0v) is 21.1. The van der Waals surface area contributed by atoms with Gasteiger partial charge in [0.15, 0.2) is 0 Å². The molecule has 13 heteroatoms. The van der Waals surface area contributed by atoms with Crippen molar-refractivity contribution in [3.63, 3.8) is 0 Å². The summed E-state index contributed by atoms with van der Waals surface area (Å²) in [4.78, 5) is 15.7. The summed E-state index contributed by atoms with van der Waals surface area (Å²) in [5.41, 5.74) is -1.23. The van der Waals surface area contributed by atoms with Crippen molar-refractivity contribution in [3.8, 4) is 5.75 Å². The van der Waals surface area contributed by atoms with Crippen LogP contribution in [-0.2, 0) is 38.7 Å². The average Bonchev–Trinajstić information content (AvgIpc) is 3.30. The molecule has 0 unspecified atom stereocenters. The fourth-order valence-electron chi connectivity index (χ4n) is 3.83. The Balaban J connectivity index is 1.73. The summed E-state index contributed by atoms with van der Waals surface area (Å²) in [5, 5.41) is 4.01. The lowest BCUT2D eigenvalue weighted by atomic mass is 10.1. The second-order valence-electron chi connectivity index (χ2n) is 9.48. The number of nitrogens with zero attached hydrogens (tertiary/aromatic N) is 4. The quantitative estimate of drug-likeness (QED) is 0.440. The summed E-state index contributed by atoms with van der Waals surface area (Å²) in [6.45, 7) is 5.12. The van der Waals surface area contributed by atoms with E-state index in [1.54, 1.807) is 26.8 Å². The molecule has 0 fully saturated rings. The van der Waals surface area contributed by atoms with Crippen LogP contribution in [0.1, 0.15) is 31.9 Å². The van der Waals surface area contributed by atoms with Crippen LogP contribution in [0.2, 0.25) is 0 Å². The molecule has 37 heavy (non-hydrogen) atoms. The van der Waals surface area contributed by atoms with Crippen molar-refractivity contribution >= 4 is 21.7 Å². The van der Waals surface area contributed by atoms with Crippen LogP contribution in [0.4, 0.5) is 18.9 Å². The average molecular weight is 539 g/mol. The number of fused-ring (bicyclic) bond motifs is 1. The Morgan fingerprint density at radius 1 is 1.16 bits per heavy atom. The number of rotatable bonds is 6. The number of aromatic nitrogens is 3. The Labute approximate surface area is 211 Å². The van der Waals surface area contributed by atoms with E-state index >= 15 is 0 Å². The third-order valence-corrected chi connectivity index (χ3v) is 7.11. The molecule has 0 aliphatic carbocycles. The Hall–Kier alpha value is -3.61. The fourth-order valence-corrected chi connectivity index (χ4v) is 5.38. The second kappa shape index (κ2) is 9.69. The number of alkyl halides is 3. The molecule has 0 spiro atoms. The van der Waals surface area contributed by atoms with Crippen LogP contribution in [0.15, 0.2) is 60.0 Å². The van der Waals surface area contributed by atoms with Crippen molar-refractivity contribution in [3.05, 3.63) is 66.2 Å². The van der Waals surface area contributed by atoms with E-state index in [4.69, 9.17) is 9.47 Å². The van der Waals surface area contributed by atoms with Gasteiger partial charge < -0.3 is 9.47 Å². The molecule has 1 aliphatic heterocycles. The lowest BCUT2D eigenvalue weighted by Crippen LogP contribution is -2.45. The maximum atomic E-state index is 13.7. The van der Waals surface area contributed by atoms with Crippen molar-refractivity contribution in [1.82, 2.24) is 14.8 Å². The van der Waals surface area contributed by atoms with Crippen molar-refractivity contribution < 1.29 is 35.9 Å². The molecule has 1 aromatic heterocycles. The predicted molar refractivity (Wildman–Crippen MR) is 126 cm³/mol. The lowest BCUT2D eigenvalue weighted by Gasteiger charge is -2.35. The van der Waals surface area contributed by atoms with Gasteiger partial charge in [0.2, 0.25) is 0 Å². The molecule has 2 heterocycles. The summed E-state index contributed by atoms with van der Waals surface area (Å²) < 4.78 is 81.1. The van der Waals surface area contributed by atoms with E-state index in [9.17, 15) is 26.4 Å². The number of halogens is 3. The zero-order valence-electron chi connectivity index (χ0n) is 20.3. The zero-order chi connectivity index (χ0) is 27.0. The minimum atomic E-state index is -4.72. The van der Waals surface area contributed by atoms with Crippen LogP contribution in [-0.4, -0.2) is 47.4 Å². The van der Waals surface area contributed by atoms with Crippen LogP contribution in [0.25, 0.3) is 0 Å². The first kappa shape index (κ1) is 26.5. The number of carbonyl (C=O) groups is 1. The summed E-state index contributed by atoms with van der Waals surface area (Å²) in [6, 6.07) is 8.16. The third kappa shape index (κ3) is 6.21. The van der Waals surface area contributed by atoms with Crippen LogP contribution in [0.3, 0.4) is 0 Å². The van der Waals surface area contributed by atoms with Crippen LogP contribution < -0.4 is 9.04 Å². The van der Waals surface area contributed by atoms with E-state index in [0.29, 0.717) is 11.6 Å². The van der Waals surface area contributed by atoms with Gasteiger partial charge in [0.25, 0.3) is 10.0 Å². The molecule has 4 rings (SSSR count). The number of hydrogen-bond donors (Lipinski definition) is 0. The number of ether oxygens (including phenoxy) is 2. The highest BCUT2D eigenvalue weighted by molar-refractivity contribution is 7.92. The van der Waals surface area contributed by atoms with Crippen LogP contribution in [0, 0.1) is 0 Å². The summed E-state index contributed by atoms with van der Waals surface area (Å²) in [6.07, 6.45) is -2.81. The molecule has 0 radical (unpaired) electrons. The van der Waals surface area contributed by atoms with Gasteiger partial charge in [0.05, 0.1) is 35.7 Å². The van der Waals surface area contributed by atoms with E-state index in [1.807, 2.05) is 0 Å². The van der Waals surface area contributed by atoms with Crippen molar-refractivity contribution in [2.75, 3.05) is 10.8 Å². The normalized spacial score (nSPS) is 16.2. The SMILES string of the molecule is CC(C)(C)OC(=O)Cc1ccc2c(c1)N(S(=O)(=O)c1cccc(C(F)(F)F)c1)C[C@H](Cn1cncn1)O2. The van der Waals surface area contributed by atoms with Crippen LogP contribution in [0.5, 0.6) is 5.75 Å². The molecule has 198 valence electrons. The molecule has 0 amide bonds. The molecule has 0 saturated carbocycles. The van der Waals surface area contributed by atoms with Gasteiger partial charge in [-0.1, -0.05) is 12.1 Å². The first-order valence-electron chi connectivity index (χ1n) is 11.3. The van der Waals surface area contributed by atoms with Gasteiger partial charge >= 0.3 is 12.1 Å². The molecular formula is C24H25F3N4O5S. The summed E-state index contributed by atoms with van der Waals surface area (Å²) in [7, 11) is -4.45. The summed E-state index contributed by atoms with van der Waals surface area (Å²) in [5.74, 6) is -0.319. The van der Waals surface area contributed by atoms with Gasteiger partial charge in [0, 0.05) is 0 Å². The van der Waals surface area contributed by atoms with E-state index in [0.717, 1.165) is 22.5 Å².